The van der Waals surface area contributed by atoms with Gasteiger partial charge in [0.25, 0.3) is 10.0 Å². The zero-order chi connectivity index (χ0) is 19.5. The summed E-state index contributed by atoms with van der Waals surface area (Å²) in [5.74, 6) is 0. The molecule has 6 nitrogen and oxygen atoms in total. The molecule has 3 rings (SSSR count). The van der Waals surface area contributed by atoms with Crippen molar-refractivity contribution < 1.29 is 16.8 Å². The molecule has 0 saturated carbocycles. The van der Waals surface area contributed by atoms with Crippen LogP contribution in [0.4, 0.5) is 5.69 Å². The van der Waals surface area contributed by atoms with Gasteiger partial charge in [-0.1, -0.05) is 36.6 Å². The molecule has 1 saturated heterocycles. The summed E-state index contributed by atoms with van der Waals surface area (Å²) in [4.78, 5) is 0.123. The van der Waals surface area contributed by atoms with Crippen LogP contribution in [0.25, 0.3) is 0 Å². The van der Waals surface area contributed by atoms with Gasteiger partial charge >= 0.3 is 0 Å². The summed E-state index contributed by atoms with van der Waals surface area (Å²) in [6.07, 6.45) is 3.79. The van der Waals surface area contributed by atoms with Crippen LogP contribution in [0.5, 0.6) is 0 Å². The van der Waals surface area contributed by atoms with E-state index in [0.717, 1.165) is 25.7 Å². The van der Waals surface area contributed by atoms with Crippen LogP contribution in [0.3, 0.4) is 0 Å². The summed E-state index contributed by atoms with van der Waals surface area (Å²) in [6.45, 7) is 1.03. The van der Waals surface area contributed by atoms with Gasteiger partial charge in [-0.2, -0.15) is 4.31 Å². The first kappa shape index (κ1) is 20.1. The lowest BCUT2D eigenvalue weighted by Gasteiger charge is -2.20. The molecule has 1 N–H and O–H groups in total. The van der Waals surface area contributed by atoms with Crippen LogP contribution < -0.4 is 4.72 Å². The quantitative estimate of drug-likeness (QED) is 0.786. The number of nitrogens with zero attached hydrogens (tertiary/aromatic N) is 1. The summed E-state index contributed by atoms with van der Waals surface area (Å²) >= 11 is 5.96. The predicted molar refractivity (Wildman–Crippen MR) is 106 cm³/mol. The smallest absolute Gasteiger partial charge is 0.263 e. The van der Waals surface area contributed by atoms with Gasteiger partial charge in [-0.25, -0.2) is 16.8 Å². The minimum Gasteiger partial charge on any atom is -0.280 e. The Balaban J connectivity index is 1.80. The minimum atomic E-state index is -3.86. The summed E-state index contributed by atoms with van der Waals surface area (Å²) < 4.78 is 54.4. The van der Waals surface area contributed by atoms with E-state index >= 15 is 0 Å². The van der Waals surface area contributed by atoms with E-state index < -0.39 is 20.0 Å². The Morgan fingerprint density at radius 2 is 1.41 bits per heavy atom. The second kappa shape index (κ2) is 8.18. The molecule has 0 aliphatic carbocycles. The van der Waals surface area contributed by atoms with Crippen LogP contribution in [0.15, 0.2) is 58.3 Å². The minimum absolute atomic E-state index is 0.0343. The van der Waals surface area contributed by atoms with Crippen molar-refractivity contribution in [3.8, 4) is 0 Å². The Morgan fingerprint density at radius 3 is 2.00 bits per heavy atom. The molecule has 0 spiro atoms. The average molecular weight is 429 g/mol. The monoisotopic (exact) mass is 428 g/mol. The van der Waals surface area contributed by atoms with Gasteiger partial charge in [0, 0.05) is 18.8 Å². The Kier molecular flexibility index (Phi) is 6.10. The van der Waals surface area contributed by atoms with Crippen LogP contribution in [-0.2, 0) is 20.0 Å². The van der Waals surface area contributed by atoms with Crippen molar-refractivity contribution in [2.45, 2.75) is 35.5 Å². The molecule has 2 aromatic carbocycles. The fraction of sp³-hybridized carbons (Fsp3) is 0.333. The number of sulfonamides is 2. The van der Waals surface area contributed by atoms with Crippen molar-refractivity contribution in [2.75, 3.05) is 17.8 Å². The molecule has 1 aliphatic rings. The van der Waals surface area contributed by atoms with Crippen molar-refractivity contribution >= 4 is 37.3 Å². The predicted octanol–water partition coefficient (Wildman–Crippen LogP) is 3.71. The third-order valence-corrected chi connectivity index (χ3v) is 8.23. The van der Waals surface area contributed by atoms with Gasteiger partial charge in [0.15, 0.2) is 0 Å². The topological polar surface area (TPSA) is 83.5 Å². The summed E-state index contributed by atoms with van der Waals surface area (Å²) in [6, 6.07) is 11.9. The Labute approximate surface area is 165 Å². The highest BCUT2D eigenvalue weighted by Gasteiger charge is 2.25. The normalized spacial score (nSPS) is 16.6. The zero-order valence-corrected chi connectivity index (χ0v) is 17.0. The van der Waals surface area contributed by atoms with E-state index in [0.29, 0.717) is 13.1 Å². The fourth-order valence-corrected chi connectivity index (χ4v) is 6.10. The highest BCUT2D eigenvalue weighted by molar-refractivity contribution is 7.92. The molecule has 9 heteroatoms. The van der Waals surface area contributed by atoms with Gasteiger partial charge in [0.05, 0.1) is 9.92 Å². The molecule has 0 amide bonds. The highest BCUT2D eigenvalue weighted by Crippen LogP contribution is 2.25. The molecule has 1 heterocycles. The Bertz CT molecular complexity index is 998. The summed E-state index contributed by atoms with van der Waals surface area (Å²) in [5.41, 5.74) is 0.268. The summed E-state index contributed by atoms with van der Waals surface area (Å²) in [5, 5.41) is 0.116. The lowest BCUT2D eigenvalue weighted by Crippen LogP contribution is -2.31. The van der Waals surface area contributed by atoms with E-state index in [1.807, 2.05) is 0 Å². The molecule has 0 aromatic heterocycles. The first-order valence-electron chi connectivity index (χ1n) is 8.68. The van der Waals surface area contributed by atoms with E-state index in [1.165, 1.54) is 40.7 Å². The molecule has 1 fully saturated rings. The number of nitrogens with one attached hydrogen (secondary N) is 1. The second-order valence-electron chi connectivity index (χ2n) is 6.38. The van der Waals surface area contributed by atoms with Crippen molar-refractivity contribution in [3.05, 3.63) is 53.6 Å². The van der Waals surface area contributed by atoms with Crippen molar-refractivity contribution in [1.29, 1.82) is 0 Å². The maximum absolute atomic E-state index is 12.8. The van der Waals surface area contributed by atoms with Gasteiger partial charge in [-0.3, -0.25) is 4.72 Å². The number of hydrogen-bond donors (Lipinski definition) is 1. The molecule has 0 unspecified atom stereocenters. The van der Waals surface area contributed by atoms with Crippen LogP contribution in [-0.4, -0.2) is 34.2 Å². The van der Waals surface area contributed by atoms with E-state index in [2.05, 4.69) is 4.72 Å². The highest BCUT2D eigenvalue weighted by atomic mass is 35.5. The lowest BCUT2D eigenvalue weighted by atomic mass is 10.2. The Hall–Kier alpha value is -1.61. The van der Waals surface area contributed by atoms with Gasteiger partial charge < -0.3 is 0 Å². The van der Waals surface area contributed by atoms with Gasteiger partial charge in [-0.05, 0) is 49.2 Å². The fourth-order valence-electron chi connectivity index (χ4n) is 3.00. The molecule has 2 aromatic rings. The van der Waals surface area contributed by atoms with E-state index in [9.17, 15) is 16.8 Å². The molecular weight excluding hydrogens is 408 g/mol. The summed E-state index contributed by atoms with van der Waals surface area (Å²) in [7, 11) is -7.43. The first-order valence-corrected chi connectivity index (χ1v) is 12.0. The number of halogens is 1. The second-order valence-corrected chi connectivity index (χ2v) is 10.4. The maximum Gasteiger partial charge on any atom is 0.263 e. The van der Waals surface area contributed by atoms with Gasteiger partial charge in [-0.15, -0.1) is 0 Å². The van der Waals surface area contributed by atoms with E-state index in [-0.39, 0.29) is 20.5 Å². The van der Waals surface area contributed by atoms with Crippen molar-refractivity contribution in [3.63, 3.8) is 0 Å². The average Bonchev–Trinajstić information content (AvgIpc) is 2.92. The molecule has 1 aliphatic heterocycles. The van der Waals surface area contributed by atoms with Crippen molar-refractivity contribution in [2.24, 2.45) is 0 Å². The van der Waals surface area contributed by atoms with Gasteiger partial charge in [0.1, 0.15) is 4.90 Å². The van der Waals surface area contributed by atoms with Crippen molar-refractivity contribution in [1.82, 2.24) is 4.31 Å². The van der Waals surface area contributed by atoms with E-state index in [4.69, 9.17) is 11.6 Å². The molecule has 0 radical (unpaired) electrons. The van der Waals surface area contributed by atoms with Crippen LogP contribution in [0.1, 0.15) is 25.7 Å². The third-order valence-electron chi connectivity index (χ3n) is 4.44. The number of hydrogen-bond acceptors (Lipinski definition) is 4. The molecule has 0 bridgehead atoms. The van der Waals surface area contributed by atoms with E-state index in [1.54, 1.807) is 12.1 Å². The maximum atomic E-state index is 12.8. The SMILES string of the molecule is O=S(=O)(Nc1ccc(S(=O)(=O)N2CCCCCC2)cc1)c1ccccc1Cl. The first-order chi connectivity index (χ1) is 12.8. The van der Waals surface area contributed by atoms with Crippen LogP contribution >= 0.6 is 11.6 Å². The van der Waals surface area contributed by atoms with Crippen LogP contribution in [0, 0.1) is 0 Å². The lowest BCUT2D eigenvalue weighted by molar-refractivity contribution is 0.424. The van der Waals surface area contributed by atoms with Gasteiger partial charge in [0.2, 0.25) is 10.0 Å². The Morgan fingerprint density at radius 1 is 0.815 bits per heavy atom. The standard InChI is InChI=1S/C18H21ClN2O4S2/c19-17-7-3-4-8-18(17)26(22,23)20-15-9-11-16(12-10-15)27(24,25)21-13-5-1-2-6-14-21/h3-4,7-12,20H,1-2,5-6,13-14H2. The molecular formula is C18H21ClN2O4S2. The molecule has 146 valence electrons. The third kappa shape index (κ3) is 4.63. The molecule has 0 atom stereocenters. The zero-order valence-electron chi connectivity index (χ0n) is 14.6. The largest absolute Gasteiger partial charge is 0.280 e. The number of benzene rings is 2. The molecule has 27 heavy (non-hydrogen) atoms. The number of anilines is 1. The van der Waals surface area contributed by atoms with Crippen LogP contribution in [0.2, 0.25) is 5.02 Å². The number of rotatable bonds is 5.